The predicted molar refractivity (Wildman–Crippen MR) is 122 cm³/mol. The van der Waals surface area contributed by atoms with Crippen molar-refractivity contribution in [3.05, 3.63) is 100 Å². The molecule has 0 N–H and O–H groups in total. The van der Waals surface area contributed by atoms with Gasteiger partial charge in [-0.15, -0.1) is 0 Å². The summed E-state index contributed by atoms with van der Waals surface area (Å²) in [6.45, 7) is 5.36. The average molecular weight is 427 g/mol. The lowest BCUT2D eigenvalue weighted by molar-refractivity contribution is 0.0719. The zero-order valence-corrected chi connectivity index (χ0v) is 18.1. The van der Waals surface area contributed by atoms with E-state index in [1.165, 1.54) is 0 Å². The van der Waals surface area contributed by atoms with Gasteiger partial charge in [0, 0.05) is 15.5 Å². The lowest BCUT2D eigenvalue weighted by Gasteiger charge is -2.20. The molecule has 0 saturated heterocycles. The third-order valence-electron chi connectivity index (χ3n) is 4.23. The molecular weight excluding hydrogens is 403 g/mol. The predicted octanol–water partition coefficient (Wildman–Crippen LogP) is 8.04. The van der Waals surface area contributed by atoms with Crippen LogP contribution in [0, 0.1) is 5.41 Å². The summed E-state index contributed by atoms with van der Waals surface area (Å²) in [6.07, 6.45) is 4.14. The second kappa shape index (κ2) is 9.98. The van der Waals surface area contributed by atoms with Crippen molar-refractivity contribution in [1.82, 2.24) is 0 Å². The molecule has 3 rings (SSSR count). The van der Waals surface area contributed by atoms with Crippen LogP contribution in [0.5, 0.6) is 11.5 Å². The van der Waals surface area contributed by atoms with Gasteiger partial charge in [-0.05, 0) is 53.6 Å². The second-order valence-electron chi connectivity index (χ2n) is 7.58. The number of hydrogen-bond donors (Lipinski definition) is 0. The number of rotatable bonds is 8. The van der Waals surface area contributed by atoms with Crippen LogP contribution in [0.25, 0.3) is 6.08 Å². The minimum absolute atomic E-state index is 0.132. The van der Waals surface area contributed by atoms with Crippen molar-refractivity contribution in [2.75, 3.05) is 6.61 Å². The summed E-state index contributed by atoms with van der Waals surface area (Å²) in [5.74, 6) is 1.62. The Kier molecular flexibility index (Phi) is 7.38. The van der Waals surface area contributed by atoms with E-state index >= 15 is 0 Å². The molecule has 0 aromatic heterocycles. The van der Waals surface area contributed by atoms with Crippen molar-refractivity contribution in [1.29, 1.82) is 0 Å². The van der Waals surface area contributed by atoms with Gasteiger partial charge in [-0.1, -0.05) is 79.5 Å². The monoisotopic (exact) mass is 426 g/mol. The fourth-order valence-corrected chi connectivity index (χ4v) is 3.34. The Morgan fingerprint density at radius 1 is 0.828 bits per heavy atom. The minimum atomic E-state index is -0.132. The Bertz CT molecular complexity index is 945. The van der Waals surface area contributed by atoms with Crippen LogP contribution in [-0.4, -0.2) is 6.61 Å². The molecule has 0 unspecified atom stereocenters. The maximum Gasteiger partial charge on any atom is 0.127 e. The molecule has 0 fully saturated rings. The highest BCUT2D eigenvalue weighted by atomic mass is 35.5. The average Bonchev–Trinajstić information content (AvgIpc) is 2.67. The maximum atomic E-state index is 6.06. The van der Waals surface area contributed by atoms with E-state index in [1.54, 1.807) is 6.07 Å². The van der Waals surface area contributed by atoms with Crippen molar-refractivity contribution < 1.29 is 9.47 Å². The summed E-state index contributed by atoms with van der Waals surface area (Å²) in [7, 11) is 0. The molecule has 29 heavy (non-hydrogen) atoms. The Morgan fingerprint density at radius 3 is 2.24 bits per heavy atom. The molecule has 0 aliphatic carbocycles. The van der Waals surface area contributed by atoms with Gasteiger partial charge in [-0.25, -0.2) is 0 Å². The van der Waals surface area contributed by atoms with Crippen LogP contribution in [0.4, 0.5) is 0 Å². The first-order valence-electron chi connectivity index (χ1n) is 9.45. The van der Waals surface area contributed by atoms with Gasteiger partial charge < -0.3 is 9.47 Å². The number of halogens is 2. The van der Waals surface area contributed by atoms with Crippen LogP contribution in [-0.2, 0) is 11.3 Å². The van der Waals surface area contributed by atoms with E-state index in [1.807, 2.05) is 72.8 Å². The molecule has 0 radical (unpaired) electrons. The number of ether oxygens (including phenoxy) is 2. The van der Waals surface area contributed by atoms with Gasteiger partial charge in [0.15, 0.2) is 0 Å². The molecule has 0 aliphatic heterocycles. The third kappa shape index (κ3) is 7.25. The lowest BCUT2D eigenvalue weighted by atomic mass is 9.93. The highest BCUT2D eigenvalue weighted by Gasteiger charge is 2.14. The number of para-hydroxylation sites is 1. The van der Waals surface area contributed by atoms with Crippen LogP contribution in [0.15, 0.2) is 78.9 Å². The van der Waals surface area contributed by atoms with Gasteiger partial charge in [0.25, 0.3) is 0 Å². The largest absolute Gasteiger partial charge is 0.457 e. The molecule has 0 spiro atoms. The van der Waals surface area contributed by atoms with E-state index in [4.69, 9.17) is 32.7 Å². The van der Waals surface area contributed by atoms with Crippen molar-refractivity contribution >= 4 is 29.3 Å². The van der Waals surface area contributed by atoms with Crippen LogP contribution in [0.2, 0.25) is 10.0 Å². The van der Waals surface area contributed by atoms with E-state index in [2.05, 4.69) is 19.9 Å². The van der Waals surface area contributed by atoms with E-state index in [9.17, 15) is 0 Å². The maximum absolute atomic E-state index is 6.06. The van der Waals surface area contributed by atoms with E-state index < -0.39 is 0 Å². The molecule has 0 bridgehead atoms. The third-order valence-corrected chi connectivity index (χ3v) is 4.67. The Hall–Kier alpha value is -2.26. The van der Waals surface area contributed by atoms with E-state index in [0.29, 0.717) is 23.3 Å². The van der Waals surface area contributed by atoms with Gasteiger partial charge in [0.2, 0.25) is 0 Å². The summed E-state index contributed by atoms with van der Waals surface area (Å²) in [5.41, 5.74) is 1.91. The number of benzene rings is 3. The van der Waals surface area contributed by atoms with Crippen LogP contribution >= 0.6 is 23.2 Å². The first kappa shape index (κ1) is 21.4. The van der Waals surface area contributed by atoms with Crippen LogP contribution in [0.1, 0.15) is 25.0 Å². The highest BCUT2D eigenvalue weighted by molar-refractivity contribution is 6.34. The Labute approximate surface area is 182 Å². The smallest absolute Gasteiger partial charge is 0.127 e. The van der Waals surface area contributed by atoms with Gasteiger partial charge in [0.1, 0.15) is 11.5 Å². The van der Waals surface area contributed by atoms with Crippen LogP contribution in [0.3, 0.4) is 0 Å². The normalized spacial score (nSPS) is 11.7. The number of hydrogen-bond acceptors (Lipinski definition) is 2. The molecule has 2 nitrogen and oxygen atoms in total. The fraction of sp³-hybridized carbons (Fsp3) is 0.200. The Morgan fingerprint density at radius 2 is 1.52 bits per heavy atom. The zero-order chi connectivity index (χ0) is 20.7. The standard InChI is InChI=1S/C25H24Cl2O2/c1-25(2,12-11-19-13-21(26)16-22(27)14-19)18-28-17-20-7-6-10-24(15-20)29-23-8-4-3-5-9-23/h3-16H,17-18H2,1-2H3. The molecule has 3 aromatic carbocycles. The van der Waals surface area contributed by atoms with E-state index in [0.717, 1.165) is 22.6 Å². The quantitative estimate of drug-likeness (QED) is 0.362. The highest BCUT2D eigenvalue weighted by Crippen LogP contribution is 2.25. The molecule has 0 heterocycles. The summed E-state index contributed by atoms with van der Waals surface area (Å²) < 4.78 is 11.9. The first-order valence-corrected chi connectivity index (χ1v) is 10.2. The van der Waals surface area contributed by atoms with Crippen molar-refractivity contribution in [3.63, 3.8) is 0 Å². The molecule has 0 amide bonds. The molecule has 150 valence electrons. The fourth-order valence-electron chi connectivity index (χ4n) is 2.80. The van der Waals surface area contributed by atoms with Gasteiger partial charge >= 0.3 is 0 Å². The van der Waals surface area contributed by atoms with Gasteiger partial charge in [-0.2, -0.15) is 0 Å². The van der Waals surface area contributed by atoms with Crippen molar-refractivity contribution in [2.45, 2.75) is 20.5 Å². The molecular formula is C25H24Cl2O2. The molecule has 3 aromatic rings. The lowest BCUT2D eigenvalue weighted by Crippen LogP contribution is -2.16. The molecule has 4 heteroatoms. The summed E-state index contributed by atoms with van der Waals surface area (Å²) >= 11 is 12.1. The molecule has 0 aliphatic rings. The van der Waals surface area contributed by atoms with E-state index in [-0.39, 0.29) is 5.41 Å². The first-order chi connectivity index (χ1) is 13.9. The summed E-state index contributed by atoms with van der Waals surface area (Å²) in [6, 6.07) is 23.2. The Balaban J connectivity index is 1.54. The van der Waals surface area contributed by atoms with Crippen molar-refractivity contribution in [2.24, 2.45) is 5.41 Å². The second-order valence-corrected chi connectivity index (χ2v) is 8.45. The molecule has 0 atom stereocenters. The summed E-state index contributed by atoms with van der Waals surface area (Å²) in [4.78, 5) is 0. The molecule has 0 saturated carbocycles. The SMILES string of the molecule is CC(C)(C=Cc1cc(Cl)cc(Cl)c1)COCc1cccc(Oc2ccccc2)c1. The summed E-state index contributed by atoms with van der Waals surface area (Å²) in [5, 5.41) is 1.26. The van der Waals surface area contributed by atoms with Gasteiger partial charge in [-0.3, -0.25) is 0 Å². The van der Waals surface area contributed by atoms with Gasteiger partial charge in [0.05, 0.1) is 13.2 Å². The van der Waals surface area contributed by atoms with Crippen molar-refractivity contribution in [3.8, 4) is 11.5 Å². The minimum Gasteiger partial charge on any atom is -0.457 e. The van der Waals surface area contributed by atoms with Crippen LogP contribution < -0.4 is 4.74 Å². The topological polar surface area (TPSA) is 18.5 Å². The zero-order valence-electron chi connectivity index (χ0n) is 16.6.